The van der Waals surface area contributed by atoms with Crippen LogP contribution < -0.4 is 10.2 Å². The molecule has 4 nitrogen and oxygen atoms in total. The number of hydroxylamine groups is 1. The van der Waals surface area contributed by atoms with E-state index in [0.29, 0.717) is 5.75 Å². The van der Waals surface area contributed by atoms with Gasteiger partial charge in [0.25, 0.3) is 0 Å². The molecule has 0 radical (unpaired) electrons. The Labute approximate surface area is 115 Å². The van der Waals surface area contributed by atoms with E-state index in [4.69, 9.17) is 4.74 Å². The van der Waals surface area contributed by atoms with Crippen LogP contribution in [0.2, 0.25) is 0 Å². The van der Waals surface area contributed by atoms with Crippen LogP contribution in [0.15, 0.2) is 18.2 Å². The van der Waals surface area contributed by atoms with Crippen LogP contribution in [-0.2, 0) is 4.84 Å². The molecule has 1 unspecified atom stereocenters. The number of nitrogens with one attached hydrogen (secondary N) is 1. The van der Waals surface area contributed by atoms with Crippen molar-refractivity contribution in [1.82, 2.24) is 5.48 Å². The van der Waals surface area contributed by atoms with Crippen molar-refractivity contribution in [3.63, 3.8) is 0 Å². The van der Waals surface area contributed by atoms with Crippen molar-refractivity contribution in [3.8, 4) is 5.75 Å². The highest BCUT2D eigenvalue weighted by Crippen LogP contribution is 2.18. The van der Waals surface area contributed by atoms with Crippen LogP contribution in [0.25, 0.3) is 0 Å². The lowest BCUT2D eigenvalue weighted by Gasteiger charge is -2.15. The predicted octanol–water partition coefficient (Wildman–Crippen LogP) is 2.13. The fourth-order valence-electron chi connectivity index (χ4n) is 1.49. The second-order valence-electron chi connectivity index (χ2n) is 4.49. The second kappa shape index (κ2) is 7.47. The number of alkyl halides is 3. The molecule has 1 aromatic carbocycles. The molecule has 2 N–H and O–H groups in total. The zero-order valence-electron chi connectivity index (χ0n) is 11.3. The number of aryl methyl sites for hydroxylation is 2. The Morgan fingerprint density at radius 3 is 2.60 bits per heavy atom. The zero-order chi connectivity index (χ0) is 15.2. The van der Waals surface area contributed by atoms with E-state index in [1.807, 2.05) is 26.0 Å². The zero-order valence-corrected chi connectivity index (χ0v) is 11.3. The van der Waals surface area contributed by atoms with Crippen LogP contribution in [0, 0.1) is 13.8 Å². The van der Waals surface area contributed by atoms with Crippen LogP contribution in [0.5, 0.6) is 5.75 Å². The molecule has 0 aliphatic rings. The number of halogens is 3. The quantitative estimate of drug-likeness (QED) is 0.597. The van der Waals surface area contributed by atoms with Crippen molar-refractivity contribution in [2.45, 2.75) is 26.1 Å². The largest absolute Gasteiger partial charge is 0.491 e. The molecule has 0 bridgehead atoms. The molecule has 0 aliphatic carbocycles. The van der Waals surface area contributed by atoms with Crippen LogP contribution >= 0.6 is 0 Å². The molecule has 0 saturated carbocycles. The first kappa shape index (κ1) is 16.7. The van der Waals surface area contributed by atoms with Crippen molar-refractivity contribution in [3.05, 3.63) is 29.3 Å². The molecule has 0 heterocycles. The molecule has 0 spiro atoms. The molecular weight excluding hydrogens is 275 g/mol. The fraction of sp³-hybridized carbons (Fsp3) is 0.538. The molecule has 20 heavy (non-hydrogen) atoms. The Morgan fingerprint density at radius 2 is 2.00 bits per heavy atom. The Morgan fingerprint density at radius 1 is 1.30 bits per heavy atom. The number of aliphatic hydroxyl groups excluding tert-OH is 1. The summed E-state index contributed by atoms with van der Waals surface area (Å²) in [4.78, 5) is 4.17. The number of rotatable bonds is 7. The summed E-state index contributed by atoms with van der Waals surface area (Å²) in [5, 5.41) is 9.54. The SMILES string of the molecule is Cc1ccc(OCC(O)CNOCC(F)(F)F)c(C)c1. The lowest BCUT2D eigenvalue weighted by Crippen LogP contribution is -2.34. The minimum atomic E-state index is -4.40. The summed E-state index contributed by atoms with van der Waals surface area (Å²) < 4.78 is 40.7. The maximum absolute atomic E-state index is 11.8. The van der Waals surface area contributed by atoms with Crippen molar-refractivity contribution in [2.75, 3.05) is 19.8 Å². The van der Waals surface area contributed by atoms with Gasteiger partial charge in [-0.05, 0) is 25.5 Å². The lowest BCUT2D eigenvalue weighted by molar-refractivity contribution is -0.191. The predicted molar refractivity (Wildman–Crippen MR) is 67.4 cm³/mol. The summed E-state index contributed by atoms with van der Waals surface area (Å²) in [6, 6.07) is 5.59. The van der Waals surface area contributed by atoms with Crippen molar-refractivity contribution in [1.29, 1.82) is 0 Å². The summed E-state index contributed by atoms with van der Waals surface area (Å²) in [6.07, 6.45) is -5.36. The third-order valence-corrected chi connectivity index (χ3v) is 2.42. The van der Waals surface area contributed by atoms with Gasteiger partial charge in [0.1, 0.15) is 18.5 Å². The molecule has 114 valence electrons. The van der Waals surface area contributed by atoms with Crippen LogP contribution in [0.4, 0.5) is 13.2 Å². The van der Waals surface area contributed by atoms with E-state index in [2.05, 4.69) is 10.3 Å². The fourth-order valence-corrected chi connectivity index (χ4v) is 1.49. The van der Waals surface area contributed by atoms with Gasteiger partial charge in [0, 0.05) is 0 Å². The third kappa shape index (κ3) is 6.74. The van der Waals surface area contributed by atoms with E-state index in [-0.39, 0.29) is 13.2 Å². The van der Waals surface area contributed by atoms with E-state index in [1.165, 1.54) is 0 Å². The smallest absolute Gasteiger partial charge is 0.413 e. The highest BCUT2D eigenvalue weighted by atomic mass is 19.4. The first-order valence-electron chi connectivity index (χ1n) is 6.07. The Balaban J connectivity index is 2.24. The van der Waals surface area contributed by atoms with Gasteiger partial charge in [-0.1, -0.05) is 17.7 Å². The first-order valence-corrected chi connectivity index (χ1v) is 6.07. The van der Waals surface area contributed by atoms with E-state index in [9.17, 15) is 18.3 Å². The molecule has 0 amide bonds. The molecule has 0 aliphatic heterocycles. The number of aliphatic hydroxyl groups is 1. The van der Waals surface area contributed by atoms with E-state index >= 15 is 0 Å². The van der Waals surface area contributed by atoms with Gasteiger partial charge >= 0.3 is 6.18 Å². The van der Waals surface area contributed by atoms with E-state index in [1.54, 1.807) is 6.07 Å². The Hall–Kier alpha value is -1.31. The molecule has 0 aromatic heterocycles. The maximum Gasteiger partial charge on any atom is 0.413 e. The molecule has 0 saturated heterocycles. The van der Waals surface area contributed by atoms with E-state index in [0.717, 1.165) is 11.1 Å². The average molecular weight is 293 g/mol. The van der Waals surface area contributed by atoms with Crippen molar-refractivity contribution >= 4 is 0 Å². The maximum atomic E-state index is 11.8. The third-order valence-electron chi connectivity index (χ3n) is 2.42. The van der Waals surface area contributed by atoms with Gasteiger partial charge in [0.2, 0.25) is 0 Å². The molecule has 1 rings (SSSR count). The Kier molecular flexibility index (Phi) is 6.25. The van der Waals surface area contributed by atoms with Crippen molar-refractivity contribution in [2.24, 2.45) is 0 Å². The molecule has 0 fully saturated rings. The highest BCUT2D eigenvalue weighted by Gasteiger charge is 2.27. The monoisotopic (exact) mass is 293 g/mol. The Bertz CT molecular complexity index is 424. The number of hydrogen-bond donors (Lipinski definition) is 2. The van der Waals surface area contributed by atoms with Gasteiger partial charge in [-0.15, -0.1) is 0 Å². The lowest BCUT2D eigenvalue weighted by atomic mass is 10.1. The minimum absolute atomic E-state index is 0.0354. The van der Waals surface area contributed by atoms with Gasteiger partial charge in [0.05, 0.1) is 6.54 Å². The van der Waals surface area contributed by atoms with Gasteiger partial charge in [-0.25, -0.2) is 0 Å². The van der Waals surface area contributed by atoms with Crippen LogP contribution in [0.1, 0.15) is 11.1 Å². The number of hydrogen-bond acceptors (Lipinski definition) is 4. The van der Waals surface area contributed by atoms with Gasteiger partial charge < -0.3 is 9.84 Å². The van der Waals surface area contributed by atoms with Gasteiger partial charge in [0.15, 0.2) is 6.61 Å². The van der Waals surface area contributed by atoms with Gasteiger partial charge in [-0.3, -0.25) is 4.84 Å². The highest BCUT2D eigenvalue weighted by molar-refractivity contribution is 5.35. The number of ether oxygens (including phenoxy) is 1. The second-order valence-corrected chi connectivity index (χ2v) is 4.49. The summed E-state index contributed by atoms with van der Waals surface area (Å²) >= 11 is 0. The molecule has 1 atom stereocenters. The summed E-state index contributed by atoms with van der Waals surface area (Å²) in [6.45, 7) is 2.23. The van der Waals surface area contributed by atoms with Gasteiger partial charge in [-0.2, -0.15) is 18.7 Å². The normalized spacial score (nSPS) is 13.3. The summed E-state index contributed by atoms with van der Waals surface area (Å²) in [5.41, 5.74) is 4.08. The molecule has 1 aromatic rings. The summed E-state index contributed by atoms with van der Waals surface area (Å²) in [7, 11) is 0. The minimum Gasteiger partial charge on any atom is -0.491 e. The van der Waals surface area contributed by atoms with Crippen molar-refractivity contribution < 1.29 is 27.9 Å². The standard InChI is InChI=1S/C13H18F3NO3/c1-9-3-4-12(10(2)5-9)19-7-11(18)6-17-20-8-13(14,15)16/h3-5,11,17-18H,6-8H2,1-2H3. The van der Waals surface area contributed by atoms with Crippen LogP contribution in [-0.4, -0.2) is 37.1 Å². The first-order chi connectivity index (χ1) is 9.28. The molecule has 7 heteroatoms. The molecular formula is C13H18F3NO3. The van der Waals surface area contributed by atoms with E-state index < -0.39 is 18.9 Å². The average Bonchev–Trinajstić information content (AvgIpc) is 2.32. The number of benzene rings is 1. The topological polar surface area (TPSA) is 50.7 Å². The summed E-state index contributed by atoms with van der Waals surface area (Å²) in [5.74, 6) is 0.630. The van der Waals surface area contributed by atoms with Crippen LogP contribution in [0.3, 0.4) is 0 Å².